The number of hydrogen-bond donors (Lipinski definition) is 1. The topological polar surface area (TPSA) is 122 Å². The van der Waals surface area contributed by atoms with Crippen LogP contribution in [0.15, 0.2) is 41.6 Å². The number of rotatable bonds is 10. The molecule has 10 nitrogen and oxygen atoms in total. The maximum Gasteiger partial charge on any atom is 0.337 e. The van der Waals surface area contributed by atoms with Crippen LogP contribution in [0, 0.1) is 6.92 Å². The zero-order valence-electron chi connectivity index (χ0n) is 21.0. The second-order valence-electron chi connectivity index (χ2n) is 7.90. The number of halogens is 1. The first-order valence-corrected chi connectivity index (χ1v) is 12.6. The van der Waals surface area contributed by atoms with Crippen LogP contribution in [0.1, 0.15) is 52.1 Å². The first-order chi connectivity index (χ1) is 17.7. The molecule has 1 aromatic heterocycles. The van der Waals surface area contributed by atoms with Gasteiger partial charge in [0.05, 0.1) is 36.1 Å². The van der Waals surface area contributed by atoms with Crippen LogP contribution < -0.4 is 10.1 Å². The Morgan fingerprint density at radius 1 is 1.05 bits per heavy atom. The molecule has 0 saturated carbocycles. The molecule has 0 radical (unpaired) electrons. The van der Waals surface area contributed by atoms with E-state index in [2.05, 4.69) is 15.5 Å². The van der Waals surface area contributed by atoms with Gasteiger partial charge >= 0.3 is 11.9 Å². The van der Waals surface area contributed by atoms with Crippen LogP contribution in [0.4, 0.5) is 5.69 Å². The summed E-state index contributed by atoms with van der Waals surface area (Å²) in [6.45, 7) is 6.30. The molecule has 0 saturated heterocycles. The fourth-order valence-corrected chi connectivity index (χ4v) is 4.42. The molecule has 1 heterocycles. The van der Waals surface area contributed by atoms with Crippen LogP contribution in [0.3, 0.4) is 0 Å². The smallest absolute Gasteiger partial charge is 0.337 e. The summed E-state index contributed by atoms with van der Waals surface area (Å²) in [7, 11) is 2.45. The molecule has 1 N–H and O–H groups in total. The number of carbonyl (C=O) groups excluding carboxylic acids is 3. The summed E-state index contributed by atoms with van der Waals surface area (Å²) < 4.78 is 17.3. The van der Waals surface area contributed by atoms with E-state index in [0.29, 0.717) is 28.3 Å². The molecule has 1 amide bonds. The molecule has 3 rings (SSSR count). The number of benzene rings is 2. The number of methoxy groups -OCH3 is 2. The van der Waals surface area contributed by atoms with E-state index in [-0.39, 0.29) is 28.5 Å². The maximum atomic E-state index is 12.7. The first kappa shape index (κ1) is 28.0. The number of amides is 1. The number of aryl methyl sites for hydroxylation is 1. The van der Waals surface area contributed by atoms with Gasteiger partial charge in [0, 0.05) is 12.2 Å². The molecule has 1 unspecified atom stereocenters. The van der Waals surface area contributed by atoms with Crippen molar-refractivity contribution < 1.29 is 28.6 Å². The summed E-state index contributed by atoms with van der Waals surface area (Å²) in [6, 6.07) is 9.70. The van der Waals surface area contributed by atoms with E-state index in [1.807, 2.05) is 37.5 Å². The van der Waals surface area contributed by atoms with Crippen molar-refractivity contribution in [1.29, 1.82) is 0 Å². The number of aromatic nitrogens is 3. The molecular formula is C25H27ClN4O6S. The third-order valence-corrected chi connectivity index (χ3v) is 6.49. The Balaban J connectivity index is 1.71. The Bertz CT molecular complexity index is 1280. The van der Waals surface area contributed by atoms with Gasteiger partial charge in [-0.3, -0.25) is 4.79 Å². The number of nitrogens with one attached hydrogen (secondary N) is 1. The molecule has 0 aliphatic heterocycles. The Morgan fingerprint density at radius 3 is 2.30 bits per heavy atom. The summed E-state index contributed by atoms with van der Waals surface area (Å²) >= 11 is 7.45. The number of hydrogen-bond acceptors (Lipinski definition) is 9. The van der Waals surface area contributed by atoms with E-state index in [1.54, 1.807) is 6.07 Å². The molecule has 3 aromatic rings. The van der Waals surface area contributed by atoms with Gasteiger partial charge in [-0.25, -0.2) is 9.59 Å². The molecule has 0 bridgehead atoms. The van der Waals surface area contributed by atoms with Gasteiger partial charge in [-0.2, -0.15) is 0 Å². The zero-order valence-corrected chi connectivity index (χ0v) is 22.6. The Kier molecular flexibility index (Phi) is 9.54. The molecule has 0 aliphatic rings. The van der Waals surface area contributed by atoms with E-state index in [1.165, 1.54) is 44.2 Å². The van der Waals surface area contributed by atoms with Crippen molar-refractivity contribution in [2.45, 2.75) is 38.6 Å². The van der Waals surface area contributed by atoms with Gasteiger partial charge in [-0.15, -0.1) is 10.2 Å². The summed E-state index contributed by atoms with van der Waals surface area (Å²) in [5.41, 5.74) is 1.48. The average Bonchev–Trinajstić information content (AvgIpc) is 3.31. The second kappa shape index (κ2) is 12.6. The quantitative estimate of drug-likeness (QED) is 0.284. The Hall–Kier alpha value is -3.57. The molecule has 0 fully saturated rings. The summed E-state index contributed by atoms with van der Waals surface area (Å²) in [6.07, 6.45) is -0.437. The van der Waals surface area contributed by atoms with Crippen LogP contribution in [-0.2, 0) is 20.8 Å². The molecule has 0 aliphatic carbocycles. The van der Waals surface area contributed by atoms with E-state index >= 15 is 0 Å². The normalized spacial score (nSPS) is 11.5. The van der Waals surface area contributed by atoms with Crippen molar-refractivity contribution >= 4 is 46.9 Å². The van der Waals surface area contributed by atoms with Gasteiger partial charge in [0.25, 0.3) is 0 Å². The summed E-state index contributed by atoms with van der Waals surface area (Å²) in [4.78, 5) is 36.6. The van der Waals surface area contributed by atoms with Crippen LogP contribution in [-0.4, -0.2) is 52.6 Å². The third-order valence-electron chi connectivity index (χ3n) is 5.21. The molecule has 196 valence electrons. The van der Waals surface area contributed by atoms with Crippen LogP contribution in [0.5, 0.6) is 5.75 Å². The van der Waals surface area contributed by atoms with E-state index < -0.39 is 18.0 Å². The minimum atomic E-state index is -0.650. The predicted molar refractivity (Wildman–Crippen MR) is 139 cm³/mol. The van der Waals surface area contributed by atoms with Crippen molar-refractivity contribution in [3.63, 3.8) is 0 Å². The van der Waals surface area contributed by atoms with Gasteiger partial charge in [0.2, 0.25) is 5.91 Å². The lowest BCUT2D eigenvalue weighted by atomic mass is 10.1. The molecule has 12 heteroatoms. The highest BCUT2D eigenvalue weighted by atomic mass is 35.5. The first-order valence-electron chi connectivity index (χ1n) is 11.3. The minimum absolute atomic E-state index is 0.00703. The molecular weight excluding hydrogens is 520 g/mol. The zero-order chi connectivity index (χ0) is 27.1. The second-order valence-corrected chi connectivity index (χ2v) is 9.25. The largest absolute Gasteiger partial charge is 0.481 e. The number of nitrogens with zero attached hydrogens (tertiary/aromatic N) is 3. The van der Waals surface area contributed by atoms with Gasteiger partial charge in [-0.05, 0) is 56.7 Å². The third kappa shape index (κ3) is 7.01. The highest BCUT2D eigenvalue weighted by Gasteiger charge is 2.21. The average molecular weight is 547 g/mol. The van der Waals surface area contributed by atoms with Crippen LogP contribution in [0.2, 0.25) is 5.02 Å². The van der Waals surface area contributed by atoms with Gasteiger partial charge in [0.15, 0.2) is 17.1 Å². The van der Waals surface area contributed by atoms with Crippen LogP contribution >= 0.6 is 23.4 Å². The Morgan fingerprint density at radius 2 is 1.70 bits per heavy atom. The standard InChI is InChI=1S/C25H27ClN4O6S/c1-6-30-22(15(3)36-20-9-14(2)7-8-19(20)26)28-29-25(30)37-13-21(31)27-18-11-16(23(32)34-4)10-17(12-18)24(33)35-5/h7-12,15H,6,13H2,1-5H3,(H,27,31). The molecule has 37 heavy (non-hydrogen) atoms. The van der Waals surface area contributed by atoms with E-state index in [9.17, 15) is 14.4 Å². The van der Waals surface area contributed by atoms with Gasteiger partial charge in [0.1, 0.15) is 5.75 Å². The minimum Gasteiger partial charge on any atom is -0.481 e. The van der Waals surface area contributed by atoms with Crippen molar-refractivity contribution in [3.05, 3.63) is 63.9 Å². The molecule has 0 spiro atoms. The van der Waals surface area contributed by atoms with Crippen molar-refractivity contribution in [2.75, 3.05) is 25.3 Å². The van der Waals surface area contributed by atoms with Crippen molar-refractivity contribution in [1.82, 2.24) is 14.8 Å². The Labute approximate surface area is 223 Å². The number of ether oxygens (including phenoxy) is 3. The van der Waals surface area contributed by atoms with Crippen LogP contribution in [0.25, 0.3) is 0 Å². The SMILES string of the molecule is CCn1c(SCC(=O)Nc2cc(C(=O)OC)cc(C(=O)OC)c2)nnc1C(C)Oc1cc(C)ccc1Cl. The highest BCUT2D eigenvalue weighted by Crippen LogP contribution is 2.30. The fourth-order valence-electron chi connectivity index (χ4n) is 3.45. The fraction of sp³-hybridized carbons (Fsp3) is 0.320. The number of anilines is 1. The highest BCUT2D eigenvalue weighted by molar-refractivity contribution is 7.99. The number of esters is 2. The monoisotopic (exact) mass is 546 g/mol. The van der Waals surface area contributed by atoms with E-state index in [0.717, 1.165) is 5.56 Å². The van der Waals surface area contributed by atoms with Crippen molar-refractivity contribution in [3.8, 4) is 5.75 Å². The van der Waals surface area contributed by atoms with Gasteiger partial charge in [-0.1, -0.05) is 29.4 Å². The lowest BCUT2D eigenvalue weighted by Crippen LogP contribution is -2.17. The van der Waals surface area contributed by atoms with Gasteiger partial charge < -0.3 is 24.1 Å². The lowest BCUT2D eigenvalue weighted by Gasteiger charge is -2.17. The molecule has 2 aromatic carbocycles. The summed E-state index contributed by atoms with van der Waals surface area (Å²) in [5.74, 6) is -0.520. The van der Waals surface area contributed by atoms with Crippen molar-refractivity contribution in [2.24, 2.45) is 0 Å². The van der Waals surface area contributed by atoms with E-state index in [4.69, 9.17) is 25.8 Å². The molecule has 1 atom stereocenters. The predicted octanol–water partition coefficient (Wildman–Crippen LogP) is 4.70. The number of thioether (sulfide) groups is 1. The summed E-state index contributed by atoms with van der Waals surface area (Å²) in [5, 5.41) is 12.2. The maximum absolute atomic E-state index is 12.7. The number of carbonyl (C=O) groups is 3. The lowest BCUT2D eigenvalue weighted by molar-refractivity contribution is -0.113.